The van der Waals surface area contributed by atoms with Crippen LogP contribution >= 0.6 is 0 Å². The van der Waals surface area contributed by atoms with E-state index in [4.69, 9.17) is 15.2 Å². The fraction of sp³-hybridized carbons (Fsp3) is 0.350. The van der Waals surface area contributed by atoms with Gasteiger partial charge >= 0.3 is 5.97 Å². The molecular formula is C20H24N2O5. The first-order valence-electron chi connectivity index (χ1n) is 8.72. The number of esters is 1. The minimum atomic E-state index is -0.704. The van der Waals surface area contributed by atoms with Crippen LogP contribution in [0.4, 0.5) is 0 Å². The number of nitrogens with two attached hydrogens (primary N) is 1. The number of nitrogens with zero attached hydrogens (tertiary/aromatic N) is 1. The molecule has 2 rings (SSSR count). The van der Waals surface area contributed by atoms with E-state index in [0.717, 1.165) is 24.4 Å². The van der Waals surface area contributed by atoms with E-state index in [1.54, 1.807) is 18.2 Å². The largest absolute Gasteiger partial charge is 0.481 e. The predicted octanol–water partition coefficient (Wildman–Crippen LogP) is 2.42. The summed E-state index contributed by atoms with van der Waals surface area (Å²) >= 11 is 0. The number of aromatic nitrogens is 1. The van der Waals surface area contributed by atoms with Crippen molar-refractivity contribution in [3.63, 3.8) is 0 Å². The van der Waals surface area contributed by atoms with Crippen molar-refractivity contribution >= 4 is 17.7 Å². The van der Waals surface area contributed by atoms with Gasteiger partial charge < -0.3 is 19.8 Å². The second-order valence-corrected chi connectivity index (χ2v) is 6.17. The number of hydrogen-bond acceptors (Lipinski definition) is 5. The van der Waals surface area contributed by atoms with Crippen molar-refractivity contribution in [2.45, 2.75) is 33.7 Å². The number of rotatable bonds is 9. The van der Waals surface area contributed by atoms with Gasteiger partial charge in [-0.2, -0.15) is 0 Å². The maximum absolute atomic E-state index is 12.4. The van der Waals surface area contributed by atoms with Crippen LogP contribution in [-0.4, -0.2) is 35.4 Å². The van der Waals surface area contributed by atoms with Crippen LogP contribution < -0.4 is 10.5 Å². The Kier molecular flexibility index (Phi) is 6.76. The molecule has 0 aliphatic rings. The standard InChI is InChI=1S/C20H24N2O5/c1-4-9-22-13(2)10-16(14(22)3)17(23)11-27-19(24)12-26-18-8-6-5-7-15(18)20(21)25/h5-8,10H,4,9,11-12H2,1-3H3,(H2,21,25). The SMILES string of the molecule is CCCn1c(C)cc(C(=O)COC(=O)COc2ccccc2C(N)=O)c1C. The maximum Gasteiger partial charge on any atom is 0.344 e. The van der Waals surface area contributed by atoms with Crippen LogP contribution in [0.2, 0.25) is 0 Å². The highest BCUT2D eigenvalue weighted by molar-refractivity contribution is 5.99. The Bertz CT molecular complexity index is 854. The number of Topliss-reactive ketones (excluding diaryl/α,β-unsaturated/α-hetero) is 1. The lowest BCUT2D eigenvalue weighted by Crippen LogP contribution is -2.21. The van der Waals surface area contributed by atoms with Crippen LogP contribution in [0.5, 0.6) is 5.75 Å². The molecule has 1 amide bonds. The second kappa shape index (κ2) is 9.02. The Morgan fingerprint density at radius 3 is 2.44 bits per heavy atom. The van der Waals surface area contributed by atoms with Gasteiger partial charge in [0.25, 0.3) is 5.91 Å². The second-order valence-electron chi connectivity index (χ2n) is 6.17. The summed E-state index contributed by atoms with van der Waals surface area (Å²) in [7, 11) is 0. The number of amides is 1. The molecule has 0 atom stereocenters. The smallest absolute Gasteiger partial charge is 0.344 e. The van der Waals surface area contributed by atoms with Gasteiger partial charge in [-0.15, -0.1) is 0 Å². The molecule has 7 heteroatoms. The minimum Gasteiger partial charge on any atom is -0.481 e. The fourth-order valence-corrected chi connectivity index (χ4v) is 2.85. The van der Waals surface area contributed by atoms with E-state index in [0.29, 0.717) is 5.56 Å². The number of ketones is 1. The average molecular weight is 372 g/mol. The predicted molar refractivity (Wildman–Crippen MR) is 99.9 cm³/mol. The van der Waals surface area contributed by atoms with Crippen LogP contribution in [0, 0.1) is 13.8 Å². The van der Waals surface area contributed by atoms with E-state index in [1.807, 2.05) is 13.8 Å². The highest BCUT2D eigenvalue weighted by atomic mass is 16.6. The first-order valence-corrected chi connectivity index (χ1v) is 8.72. The van der Waals surface area contributed by atoms with Crippen molar-refractivity contribution in [1.29, 1.82) is 0 Å². The van der Waals surface area contributed by atoms with E-state index in [9.17, 15) is 14.4 Å². The van der Waals surface area contributed by atoms with Crippen molar-refractivity contribution < 1.29 is 23.9 Å². The van der Waals surface area contributed by atoms with E-state index in [2.05, 4.69) is 11.5 Å². The molecule has 0 saturated carbocycles. The van der Waals surface area contributed by atoms with Crippen LogP contribution in [0.15, 0.2) is 30.3 Å². The zero-order valence-corrected chi connectivity index (χ0v) is 15.8. The maximum atomic E-state index is 12.4. The highest BCUT2D eigenvalue weighted by Gasteiger charge is 2.17. The molecule has 0 aliphatic carbocycles. The van der Waals surface area contributed by atoms with Crippen molar-refractivity contribution in [3.05, 3.63) is 52.8 Å². The van der Waals surface area contributed by atoms with Gasteiger partial charge in [-0.3, -0.25) is 9.59 Å². The summed E-state index contributed by atoms with van der Waals surface area (Å²) < 4.78 is 12.4. The Morgan fingerprint density at radius 2 is 1.78 bits per heavy atom. The molecule has 0 aliphatic heterocycles. The number of aryl methyl sites for hydroxylation is 1. The number of hydrogen-bond donors (Lipinski definition) is 1. The van der Waals surface area contributed by atoms with Crippen LogP contribution in [-0.2, 0) is 16.1 Å². The number of ether oxygens (including phenoxy) is 2. The summed E-state index contributed by atoms with van der Waals surface area (Å²) in [5, 5.41) is 0. The molecule has 0 saturated heterocycles. The van der Waals surface area contributed by atoms with Gasteiger partial charge in [0.2, 0.25) is 5.78 Å². The first-order chi connectivity index (χ1) is 12.8. The van der Waals surface area contributed by atoms with E-state index in [1.165, 1.54) is 12.1 Å². The van der Waals surface area contributed by atoms with Crippen molar-refractivity contribution in [1.82, 2.24) is 4.57 Å². The Balaban J connectivity index is 1.92. The molecule has 0 bridgehead atoms. The van der Waals surface area contributed by atoms with Crippen molar-refractivity contribution in [2.24, 2.45) is 5.73 Å². The zero-order valence-electron chi connectivity index (χ0n) is 15.8. The summed E-state index contributed by atoms with van der Waals surface area (Å²) in [4.78, 5) is 35.6. The fourth-order valence-electron chi connectivity index (χ4n) is 2.85. The van der Waals surface area contributed by atoms with Crippen LogP contribution in [0.3, 0.4) is 0 Å². The Morgan fingerprint density at radius 1 is 1.07 bits per heavy atom. The molecule has 27 heavy (non-hydrogen) atoms. The molecular weight excluding hydrogens is 348 g/mol. The van der Waals surface area contributed by atoms with Gasteiger partial charge in [0.15, 0.2) is 13.2 Å². The number of carbonyl (C=O) groups is 3. The average Bonchev–Trinajstić information content (AvgIpc) is 2.93. The summed E-state index contributed by atoms with van der Waals surface area (Å²) in [5.41, 5.74) is 7.83. The van der Waals surface area contributed by atoms with E-state index in [-0.39, 0.29) is 23.7 Å². The molecule has 0 radical (unpaired) electrons. The molecule has 1 heterocycles. The molecule has 2 N–H and O–H groups in total. The van der Waals surface area contributed by atoms with E-state index >= 15 is 0 Å². The normalized spacial score (nSPS) is 10.5. The number of primary amides is 1. The lowest BCUT2D eigenvalue weighted by molar-refractivity contribution is -0.144. The van der Waals surface area contributed by atoms with Gasteiger partial charge in [-0.05, 0) is 38.5 Å². The van der Waals surface area contributed by atoms with Gasteiger partial charge in [0, 0.05) is 23.5 Å². The summed E-state index contributed by atoms with van der Waals surface area (Å²) in [5.74, 6) is -1.44. The Labute approximate surface area is 158 Å². The quantitative estimate of drug-likeness (QED) is 0.538. The monoisotopic (exact) mass is 372 g/mol. The lowest BCUT2D eigenvalue weighted by atomic mass is 10.1. The summed E-state index contributed by atoms with van der Waals surface area (Å²) in [6.45, 7) is 5.93. The number of carbonyl (C=O) groups excluding carboxylic acids is 3. The van der Waals surface area contributed by atoms with Crippen molar-refractivity contribution in [2.75, 3.05) is 13.2 Å². The lowest BCUT2D eigenvalue weighted by Gasteiger charge is -2.09. The molecule has 0 unspecified atom stereocenters. The van der Waals surface area contributed by atoms with E-state index < -0.39 is 18.5 Å². The minimum absolute atomic E-state index is 0.171. The Hall–Kier alpha value is -3.09. The molecule has 0 spiro atoms. The molecule has 1 aromatic carbocycles. The zero-order chi connectivity index (χ0) is 20.0. The molecule has 144 valence electrons. The first kappa shape index (κ1) is 20.2. The molecule has 7 nitrogen and oxygen atoms in total. The van der Waals surface area contributed by atoms with Gasteiger partial charge in [0.1, 0.15) is 5.75 Å². The topological polar surface area (TPSA) is 101 Å². The van der Waals surface area contributed by atoms with Gasteiger partial charge in [-0.25, -0.2) is 4.79 Å². The van der Waals surface area contributed by atoms with Crippen LogP contribution in [0.25, 0.3) is 0 Å². The summed E-state index contributed by atoms with van der Waals surface area (Å²) in [6, 6.07) is 8.13. The molecule has 2 aromatic rings. The van der Waals surface area contributed by atoms with Crippen molar-refractivity contribution in [3.8, 4) is 5.75 Å². The summed E-state index contributed by atoms with van der Waals surface area (Å²) in [6.07, 6.45) is 0.961. The number of para-hydroxylation sites is 1. The molecule has 0 fully saturated rings. The van der Waals surface area contributed by atoms with Gasteiger partial charge in [-0.1, -0.05) is 19.1 Å². The molecule has 1 aromatic heterocycles. The third-order valence-corrected chi connectivity index (χ3v) is 4.18. The van der Waals surface area contributed by atoms with Gasteiger partial charge in [0.05, 0.1) is 5.56 Å². The third-order valence-electron chi connectivity index (χ3n) is 4.18. The number of benzene rings is 1. The third kappa shape index (κ3) is 4.97. The highest BCUT2D eigenvalue weighted by Crippen LogP contribution is 2.18. The van der Waals surface area contributed by atoms with Crippen LogP contribution in [0.1, 0.15) is 45.4 Å².